The van der Waals surface area contributed by atoms with Gasteiger partial charge in [0.25, 0.3) is 0 Å². The molecule has 2 aromatic carbocycles. The SMILES string of the molecule is CC(=O)c1nn(-c2ccc(C)cc2)cc1C(=O)c1ccc(Br)cc1. The molecule has 3 aromatic rings. The number of aryl methyl sites for hydroxylation is 1. The van der Waals surface area contributed by atoms with E-state index < -0.39 is 0 Å². The number of benzene rings is 2. The van der Waals surface area contributed by atoms with Gasteiger partial charge in [0.15, 0.2) is 11.6 Å². The lowest BCUT2D eigenvalue weighted by Crippen LogP contribution is -2.06. The van der Waals surface area contributed by atoms with Crippen molar-refractivity contribution >= 4 is 27.5 Å². The number of hydrogen-bond acceptors (Lipinski definition) is 3. The smallest absolute Gasteiger partial charge is 0.196 e. The summed E-state index contributed by atoms with van der Waals surface area (Å²) in [5.41, 5.74) is 2.94. The van der Waals surface area contributed by atoms with Gasteiger partial charge in [0.1, 0.15) is 5.69 Å². The molecule has 120 valence electrons. The first-order chi connectivity index (χ1) is 11.5. The van der Waals surface area contributed by atoms with Gasteiger partial charge in [-0.15, -0.1) is 0 Å². The average Bonchev–Trinajstić information content (AvgIpc) is 3.01. The highest BCUT2D eigenvalue weighted by molar-refractivity contribution is 9.10. The first-order valence-electron chi connectivity index (χ1n) is 7.43. The topological polar surface area (TPSA) is 52.0 Å². The maximum atomic E-state index is 12.8. The Bertz CT molecular complexity index is 910. The fraction of sp³-hybridized carbons (Fsp3) is 0.105. The number of aromatic nitrogens is 2. The number of nitrogens with zero attached hydrogens (tertiary/aromatic N) is 2. The highest BCUT2D eigenvalue weighted by atomic mass is 79.9. The minimum absolute atomic E-state index is 0.184. The Hall–Kier alpha value is -2.53. The number of ketones is 2. The van der Waals surface area contributed by atoms with E-state index in [1.165, 1.54) is 6.92 Å². The van der Waals surface area contributed by atoms with Crippen molar-refractivity contribution in [1.29, 1.82) is 0 Å². The zero-order valence-corrected chi connectivity index (χ0v) is 14.9. The Morgan fingerprint density at radius 1 is 1.00 bits per heavy atom. The predicted molar refractivity (Wildman–Crippen MR) is 95.9 cm³/mol. The number of Topliss-reactive ketones (excluding diaryl/α,β-unsaturated/α-hetero) is 1. The molecule has 0 unspecified atom stereocenters. The second-order valence-corrected chi connectivity index (χ2v) is 6.48. The normalized spacial score (nSPS) is 10.6. The number of halogens is 1. The van der Waals surface area contributed by atoms with Crippen LogP contribution in [0.4, 0.5) is 0 Å². The van der Waals surface area contributed by atoms with Crippen LogP contribution in [0, 0.1) is 6.92 Å². The third kappa shape index (κ3) is 3.21. The number of carbonyl (C=O) groups is 2. The highest BCUT2D eigenvalue weighted by Gasteiger charge is 2.21. The van der Waals surface area contributed by atoms with Crippen LogP contribution in [0.1, 0.15) is 38.9 Å². The Balaban J connectivity index is 2.06. The van der Waals surface area contributed by atoms with E-state index in [4.69, 9.17) is 0 Å². The lowest BCUT2D eigenvalue weighted by atomic mass is 10.0. The summed E-state index contributed by atoms with van der Waals surface area (Å²) < 4.78 is 2.46. The molecule has 0 spiro atoms. The molecule has 0 saturated carbocycles. The standard InChI is InChI=1S/C19H15BrN2O2/c1-12-3-9-16(10-4-12)22-11-17(18(21-22)13(2)23)19(24)14-5-7-15(20)8-6-14/h3-11H,1-2H3. The summed E-state index contributed by atoms with van der Waals surface area (Å²) in [5, 5.41) is 4.31. The van der Waals surface area contributed by atoms with Crippen molar-refractivity contribution in [3.63, 3.8) is 0 Å². The monoisotopic (exact) mass is 382 g/mol. The van der Waals surface area contributed by atoms with Crippen LogP contribution in [0.25, 0.3) is 5.69 Å². The van der Waals surface area contributed by atoms with Crippen LogP contribution in [0.2, 0.25) is 0 Å². The maximum absolute atomic E-state index is 12.8. The molecule has 24 heavy (non-hydrogen) atoms. The van der Waals surface area contributed by atoms with Crippen molar-refractivity contribution in [2.75, 3.05) is 0 Å². The molecule has 1 aromatic heterocycles. The first kappa shape index (κ1) is 16.3. The molecule has 0 amide bonds. The van der Waals surface area contributed by atoms with Gasteiger partial charge in [0.05, 0.1) is 11.3 Å². The average molecular weight is 383 g/mol. The van der Waals surface area contributed by atoms with Gasteiger partial charge >= 0.3 is 0 Å². The van der Waals surface area contributed by atoms with E-state index >= 15 is 0 Å². The third-order valence-electron chi connectivity index (χ3n) is 3.70. The molecule has 0 aliphatic rings. The molecule has 0 saturated heterocycles. The van der Waals surface area contributed by atoms with Gasteiger partial charge in [-0.3, -0.25) is 9.59 Å². The predicted octanol–water partition coefficient (Wildman–Crippen LogP) is 4.38. The lowest BCUT2D eigenvalue weighted by molar-refractivity contribution is 0.0987. The molecule has 4 nitrogen and oxygen atoms in total. The molecule has 3 rings (SSSR count). The molecule has 1 heterocycles. The Morgan fingerprint density at radius 2 is 1.62 bits per heavy atom. The summed E-state index contributed by atoms with van der Waals surface area (Å²) in [6.07, 6.45) is 1.62. The van der Waals surface area contributed by atoms with E-state index in [1.54, 1.807) is 35.1 Å². The zero-order valence-electron chi connectivity index (χ0n) is 13.3. The van der Waals surface area contributed by atoms with Gasteiger partial charge in [0.2, 0.25) is 0 Å². The van der Waals surface area contributed by atoms with Crippen molar-refractivity contribution in [2.45, 2.75) is 13.8 Å². The van der Waals surface area contributed by atoms with Gasteiger partial charge in [0, 0.05) is 23.2 Å². The van der Waals surface area contributed by atoms with Gasteiger partial charge in [-0.25, -0.2) is 4.68 Å². The molecule has 0 radical (unpaired) electrons. The molecular formula is C19H15BrN2O2. The quantitative estimate of drug-likeness (QED) is 0.629. The summed E-state index contributed by atoms with van der Waals surface area (Å²) in [6, 6.07) is 14.8. The van der Waals surface area contributed by atoms with Crippen LogP contribution in [-0.2, 0) is 0 Å². The fourth-order valence-corrected chi connectivity index (χ4v) is 2.65. The van der Waals surface area contributed by atoms with Crippen molar-refractivity contribution in [1.82, 2.24) is 9.78 Å². The summed E-state index contributed by atoms with van der Waals surface area (Å²) >= 11 is 3.35. The minimum Gasteiger partial charge on any atom is -0.293 e. The molecule has 0 aliphatic carbocycles. The summed E-state index contributed by atoms with van der Waals surface area (Å²) in [7, 11) is 0. The highest BCUT2D eigenvalue weighted by Crippen LogP contribution is 2.19. The molecule has 0 atom stereocenters. The van der Waals surface area contributed by atoms with Gasteiger partial charge in [-0.2, -0.15) is 5.10 Å². The van der Waals surface area contributed by atoms with Crippen LogP contribution < -0.4 is 0 Å². The van der Waals surface area contributed by atoms with E-state index in [0.717, 1.165) is 15.7 Å². The molecular weight excluding hydrogens is 368 g/mol. The van der Waals surface area contributed by atoms with Crippen molar-refractivity contribution in [3.05, 3.63) is 81.6 Å². The van der Waals surface area contributed by atoms with E-state index in [0.29, 0.717) is 11.1 Å². The van der Waals surface area contributed by atoms with Crippen LogP contribution in [-0.4, -0.2) is 21.3 Å². The first-order valence-corrected chi connectivity index (χ1v) is 8.23. The summed E-state index contributed by atoms with van der Waals surface area (Å²) in [4.78, 5) is 24.7. The van der Waals surface area contributed by atoms with Gasteiger partial charge in [-0.05, 0) is 43.3 Å². The second kappa shape index (κ2) is 6.53. The van der Waals surface area contributed by atoms with Crippen molar-refractivity contribution in [2.24, 2.45) is 0 Å². The summed E-state index contributed by atoms with van der Waals surface area (Å²) in [5.74, 6) is -0.451. The van der Waals surface area contributed by atoms with Gasteiger partial charge < -0.3 is 0 Å². The Morgan fingerprint density at radius 3 is 2.21 bits per heavy atom. The van der Waals surface area contributed by atoms with Crippen LogP contribution in [0.3, 0.4) is 0 Å². The fourth-order valence-electron chi connectivity index (χ4n) is 2.39. The van der Waals surface area contributed by atoms with Gasteiger partial charge in [-0.1, -0.05) is 33.6 Å². The van der Waals surface area contributed by atoms with Crippen molar-refractivity contribution in [3.8, 4) is 5.69 Å². The van der Waals surface area contributed by atoms with E-state index in [1.807, 2.05) is 31.2 Å². The van der Waals surface area contributed by atoms with Crippen LogP contribution in [0.5, 0.6) is 0 Å². The number of carbonyl (C=O) groups excluding carboxylic acids is 2. The number of hydrogen-bond donors (Lipinski definition) is 0. The van der Waals surface area contributed by atoms with Crippen molar-refractivity contribution < 1.29 is 9.59 Å². The Kier molecular flexibility index (Phi) is 4.44. The molecule has 0 N–H and O–H groups in total. The minimum atomic E-state index is -0.235. The van der Waals surface area contributed by atoms with E-state index in [-0.39, 0.29) is 17.3 Å². The third-order valence-corrected chi connectivity index (χ3v) is 4.23. The van der Waals surface area contributed by atoms with Crippen LogP contribution in [0.15, 0.2) is 59.2 Å². The zero-order chi connectivity index (χ0) is 17.3. The Labute approximate surface area is 148 Å². The second-order valence-electron chi connectivity index (χ2n) is 5.56. The maximum Gasteiger partial charge on any atom is 0.196 e. The largest absolute Gasteiger partial charge is 0.293 e. The number of rotatable bonds is 4. The van der Waals surface area contributed by atoms with E-state index in [2.05, 4.69) is 21.0 Å². The van der Waals surface area contributed by atoms with Crippen LogP contribution >= 0.6 is 15.9 Å². The molecule has 0 aliphatic heterocycles. The summed E-state index contributed by atoms with van der Waals surface area (Å²) in [6.45, 7) is 3.41. The lowest BCUT2D eigenvalue weighted by Gasteiger charge is -2.01. The molecule has 5 heteroatoms. The molecule has 0 fully saturated rings. The van der Waals surface area contributed by atoms with E-state index in [9.17, 15) is 9.59 Å². The molecule has 0 bridgehead atoms.